The SMILES string of the molecule is CCn1c(CNC(CC)(CC)CC)nc2ccccc21. The molecule has 1 aromatic heterocycles. The van der Waals surface area contributed by atoms with Gasteiger partial charge in [-0.25, -0.2) is 4.98 Å². The topological polar surface area (TPSA) is 29.9 Å². The monoisotopic (exact) mass is 273 g/mol. The Bertz CT molecular complexity index is 544. The van der Waals surface area contributed by atoms with E-state index in [1.807, 2.05) is 0 Å². The van der Waals surface area contributed by atoms with Gasteiger partial charge in [-0.05, 0) is 38.3 Å². The van der Waals surface area contributed by atoms with Crippen molar-refractivity contribution < 1.29 is 0 Å². The van der Waals surface area contributed by atoms with E-state index in [1.165, 1.54) is 5.52 Å². The van der Waals surface area contributed by atoms with Crippen LogP contribution in [0.5, 0.6) is 0 Å². The predicted octanol–water partition coefficient (Wildman–Crippen LogP) is 4.11. The van der Waals surface area contributed by atoms with Crippen molar-refractivity contribution in [1.82, 2.24) is 14.9 Å². The number of fused-ring (bicyclic) bond motifs is 1. The van der Waals surface area contributed by atoms with Gasteiger partial charge in [-0.2, -0.15) is 0 Å². The highest BCUT2D eigenvalue weighted by atomic mass is 15.1. The molecule has 3 heteroatoms. The van der Waals surface area contributed by atoms with Crippen molar-refractivity contribution >= 4 is 11.0 Å². The first-order valence-corrected chi connectivity index (χ1v) is 7.88. The highest BCUT2D eigenvalue weighted by Crippen LogP contribution is 2.21. The van der Waals surface area contributed by atoms with Gasteiger partial charge >= 0.3 is 0 Å². The predicted molar refractivity (Wildman–Crippen MR) is 85.9 cm³/mol. The van der Waals surface area contributed by atoms with Crippen molar-refractivity contribution in [3.05, 3.63) is 30.1 Å². The molecule has 0 atom stereocenters. The summed E-state index contributed by atoms with van der Waals surface area (Å²) in [5.74, 6) is 1.15. The summed E-state index contributed by atoms with van der Waals surface area (Å²) in [6, 6.07) is 8.39. The molecule has 1 aromatic carbocycles. The highest BCUT2D eigenvalue weighted by molar-refractivity contribution is 5.75. The smallest absolute Gasteiger partial charge is 0.123 e. The van der Waals surface area contributed by atoms with E-state index in [9.17, 15) is 0 Å². The molecule has 0 spiro atoms. The molecule has 0 amide bonds. The molecule has 0 aliphatic heterocycles. The number of hydrogen-bond acceptors (Lipinski definition) is 2. The van der Waals surface area contributed by atoms with Gasteiger partial charge in [-0.3, -0.25) is 0 Å². The van der Waals surface area contributed by atoms with Crippen LogP contribution in [0.25, 0.3) is 11.0 Å². The Morgan fingerprint density at radius 2 is 1.70 bits per heavy atom. The van der Waals surface area contributed by atoms with E-state index in [1.54, 1.807) is 0 Å². The number of hydrogen-bond donors (Lipinski definition) is 1. The summed E-state index contributed by atoms with van der Waals surface area (Å²) in [6.45, 7) is 10.8. The van der Waals surface area contributed by atoms with Gasteiger partial charge in [0.1, 0.15) is 5.82 Å². The van der Waals surface area contributed by atoms with Crippen LogP contribution in [0.2, 0.25) is 0 Å². The molecule has 20 heavy (non-hydrogen) atoms. The minimum absolute atomic E-state index is 0.247. The first-order valence-electron chi connectivity index (χ1n) is 7.88. The fourth-order valence-corrected chi connectivity index (χ4v) is 3.00. The normalized spacial score (nSPS) is 12.2. The van der Waals surface area contributed by atoms with Gasteiger partial charge in [-0.15, -0.1) is 0 Å². The van der Waals surface area contributed by atoms with Crippen LogP contribution in [-0.2, 0) is 13.1 Å². The molecule has 3 nitrogen and oxygen atoms in total. The molecule has 2 aromatic rings. The summed E-state index contributed by atoms with van der Waals surface area (Å²) in [4.78, 5) is 4.79. The Morgan fingerprint density at radius 3 is 2.30 bits per heavy atom. The zero-order valence-electron chi connectivity index (χ0n) is 13.2. The zero-order chi connectivity index (χ0) is 14.6. The Kier molecular flexibility index (Phi) is 4.81. The molecule has 0 unspecified atom stereocenters. The Labute approximate surface area is 122 Å². The van der Waals surface area contributed by atoms with Crippen LogP contribution < -0.4 is 5.32 Å². The lowest BCUT2D eigenvalue weighted by molar-refractivity contribution is 0.284. The maximum absolute atomic E-state index is 4.79. The lowest BCUT2D eigenvalue weighted by atomic mass is 9.90. The van der Waals surface area contributed by atoms with E-state index in [-0.39, 0.29) is 5.54 Å². The second-order valence-electron chi connectivity index (χ2n) is 5.46. The molecule has 2 rings (SSSR count). The molecule has 110 valence electrons. The molecule has 0 bridgehead atoms. The molecule has 0 saturated heterocycles. The van der Waals surface area contributed by atoms with Crippen molar-refractivity contribution in [2.75, 3.05) is 0 Å². The zero-order valence-corrected chi connectivity index (χ0v) is 13.2. The van der Waals surface area contributed by atoms with E-state index in [0.717, 1.165) is 43.7 Å². The van der Waals surface area contributed by atoms with Gasteiger partial charge in [0.2, 0.25) is 0 Å². The second kappa shape index (κ2) is 6.40. The Morgan fingerprint density at radius 1 is 1.05 bits per heavy atom. The summed E-state index contributed by atoms with van der Waals surface area (Å²) in [7, 11) is 0. The number of benzene rings is 1. The Balaban J connectivity index is 2.25. The molecule has 0 aliphatic rings. The van der Waals surface area contributed by atoms with Gasteiger partial charge < -0.3 is 9.88 Å². The fraction of sp³-hybridized carbons (Fsp3) is 0.588. The van der Waals surface area contributed by atoms with Crippen molar-refractivity contribution in [2.24, 2.45) is 0 Å². The number of nitrogens with one attached hydrogen (secondary N) is 1. The largest absolute Gasteiger partial charge is 0.327 e. The van der Waals surface area contributed by atoms with E-state index in [0.29, 0.717) is 0 Å². The van der Waals surface area contributed by atoms with E-state index in [4.69, 9.17) is 4.98 Å². The van der Waals surface area contributed by atoms with Crippen LogP contribution in [0.4, 0.5) is 0 Å². The van der Waals surface area contributed by atoms with Crippen LogP contribution in [-0.4, -0.2) is 15.1 Å². The second-order valence-corrected chi connectivity index (χ2v) is 5.46. The van der Waals surface area contributed by atoms with Crippen molar-refractivity contribution in [3.63, 3.8) is 0 Å². The average Bonchev–Trinajstić information content (AvgIpc) is 2.87. The summed E-state index contributed by atoms with van der Waals surface area (Å²) in [5, 5.41) is 3.75. The van der Waals surface area contributed by atoms with Gasteiger partial charge in [0.05, 0.1) is 17.6 Å². The fourth-order valence-electron chi connectivity index (χ4n) is 3.00. The number of imidazole rings is 1. The number of rotatable bonds is 7. The van der Waals surface area contributed by atoms with E-state index >= 15 is 0 Å². The van der Waals surface area contributed by atoms with Crippen LogP contribution >= 0.6 is 0 Å². The molecule has 0 fully saturated rings. The van der Waals surface area contributed by atoms with Gasteiger partial charge in [0, 0.05) is 12.1 Å². The van der Waals surface area contributed by atoms with Crippen LogP contribution in [0.15, 0.2) is 24.3 Å². The number of aromatic nitrogens is 2. The molecule has 1 N–H and O–H groups in total. The molecule has 1 heterocycles. The minimum Gasteiger partial charge on any atom is -0.327 e. The highest BCUT2D eigenvalue weighted by Gasteiger charge is 2.23. The summed E-state index contributed by atoms with van der Waals surface area (Å²) in [5.41, 5.74) is 2.58. The van der Waals surface area contributed by atoms with Crippen molar-refractivity contribution in [3.8, 4) is 0 Å². The quantitative estimate of drug-likeness (QED) is 0.822. The lowest BCUT2D eigenvalue weighted by Gasteiger charge is -2.32. The van der Waals surface area contributed by atoms with Crippen LogP contribution in [0.1, 0.15) is 52.8 Å². The van der Waals surface area contributed by atoms with Crippen LogP contribution in [0, 0.1) is 0 Å². The first-order chi connectivity index (χ1) is 9.69. The number of aryl methyl sites for hydroxylation is 1. The molecule has 0 radical (unpaired) electrons. The Hall–Kier alpha value is -1.35. The third-order valence-electron chi connectivity index (χ3n) is 4.70. The van der Waals surface area contributed by atoms with E-state index in [2.05, 4.69) is 61.8 Å². The molecule has 0 aliphatic carbocycles. The van der Waals surface area contributed by atoms with E-state index < -0.39 is 0 Å². The number of para-hydroxylation sites is 2. The lowest BCUT2D eigenvalue weighted by Crippen LogP contribution is -2.43. The van der Waals surface area contributed by atoms with Crippen LogP contribution in [0.3, 0.4) is 0 Å². The third-order valence-corrected chi connectivity index (χ3v) is 4.70. The molecule has 0 saturated carbocycles. The number of nitrogens with zero attached hydrogens (tertiary/aromatic N) is 2. The summed E-state index contributed by atoms with van der Waals surface area (Å²) < 4.78 is 2.31. The van der Waals surface area contributed by atoms with Crippen molar-refractivity contribution in [2.45, 2.75) is 65.6 Å². The average molecular weight is 273 g/mol. The first kappa shape index (κ1) is 15.0. The summed E-state index contributed by atoms with van der Waals surface area (Å²) >= 11 is 0. The maximum Gasteiger partial charge on any atom is 0.123 e. The summed E-state index contributed by atoms with van der Waals surface area (Å²) in [6.07, 6.45) is 3.48. The standard InChI is InChI=1S/C17H27N3/c1-5-17(6-2,7-3)18-13-16-19-14-11-9-10-12-15(14)20(16)8-4/h9-12,18H,5-8,13H2,1-4H3. The van der Waals surface area contributed by atoms with Gasteiger partial charge in [-0.1, -0.05) is 32.9 Å². The van der Waals surface area contributed by atoms with Crippen molar-refractivity contribution in [1.29, 1.82) is 0 Å². The maximum atomic E-state index is 4.79. The molecular weight excluding hydrogens is 246 g/mol. The molecular formula is C17H27N3. The van der Waals surface area contributed by atoms with Gasteiger partial charge in [0.15, 0.2) is 0 Å². The van der Waals surface area contributed by atoms with Gasteiger partial charge in [0.25, 0.3) is 0 Å². The third kappa shape index (κ3) is 2.73. The minimum atomic E-state index is 0.247.